The minimum atomic E-state index is 0.495. The van der Waals surface area contributed by atoms with Gasteiger partial charge < -0.3 is 10.2 Å². The molecule has 100 valence electrons. The van der Waals surface area contributed by atoms with Crippen LogP contribution in [0, 0.1) is 6.92 Å². The summed E-state index contributed by atoms with van der Waals surface area (Å²) < 4.78 is 0. The number of likely N-dealkylation sites (tertiary alicyclic amines) is 1. The van der Waals surface area contributed by atoms with Crippen LogP contribution in [0.25, 0.3) is 0 Å². The lowest BCUT2D eigenvalue weighted by Gasteiger charge is -2.22. The Labute approximate surface area is 111 Å². The lowest BCUT2D eigenvalue weighted by atomic mass is 10.0. The molecule has 1 heterocycles. The van der Waals surface area contributed by atoms with Crippen LogP contribution in [0.3, 0.4) is 0 Å². The van der Waals surface area contributed by atoms with Gasteiger partial charge in [0.25, 0.3) is 0 Å². The smallest absolute Gasteiger partial charge is 0.0320 e. The Morgan fingerprint density at radius 2 is 2.00 bits per heavy atom. The average Bonchev–Trinajstić information content (AvgIpc) is 2.67. The van der Waals surface area contributed by atoms with E-state index in [2.05, 4.69) is 62.3 Å². The van der Waals surface area contributed by atoms with E-state index in [9.17, 15) is 0 Å². The van der Waals surface area contributed by atoms with Gasteiger partial charge in [-0.15, -0.1) is 0 Å². The van der Waals surface area contributed by atoms with Gasteiger partial charge in [-0.3, -0.25) is 0 Å². The van der Waals surface area contributed by atoms with Crippen molar-refractivity contribution in [3.63, 3.8) is 0 Å². The van der Waals surface area contributed by atoms with E-state index in [4.69, 9.17) is 0 Å². The van der Waals surface area contributed by atoms with Gasteiger partial charge in [-0.2, -0.15) is 0 Å². The summed E-state index contributed by atoms with van der Waals surface area (Å²) in [6.45, 7) is 7.89. The molecule has 0 radical (unpaired) electrons. The molecule has 2 rings (SSSR count). The van der Waals surface area contributed by atoms with Crippen molar-refractivity contribution in [2.75, 3.05) is 13.6 Å². The highest BCUT2D eigenvalue weighted by molar-refractivity contribution is 5.24. The van der Waals surface area contributed by atoms with Crippen LogP contribution in [0.5, 0.6) is 0 Å². The first-order valence-electron chi connectivity index (χ1n) is 7.13. The zero-order valence-electron chi connectivity index (χ0n) is 12.1. The molecular formula is C16H26N2. The summed E-state index contributed by atoms with van der Waals surface area (Å²) in [5.41, 5.74) is 2.76. The SMILES string of the molecule is CCC(NC1CC(C)N(C)C1)c1ccc(C)cc1. The first-order valence-corrected chi connectivity index (χ1v) is 7.13. The summed E-state index contributed by atoms with van der Waals surface area (Å²) in [6, 6.07) is 10.8. The van der Waals surface area contributed by atoms with Gasteiger partial charge in [-0.25, -0.2) is 0 Å². The lowest BCUT2D eigenvalue weighted by Crippen LogP contribution is -2.34. The maximum atomic E-state index is 3.82. The van der Waals surface area contributed by atoms with E-state index in [-0.39, 0.29) is 0 Å². The van der Waals surface area contributed by atoms with Gasteiger partial charge >= 0.3 is 0 Å². The topological polar surface area (TPSA) is 15.3 Å². The fraction of sp³-hybridized carbons (Fsp3) is 0.625. The molecule has 18 heavy (non-hydrogen) atoms. The highest BCUT2D eigenvalue weighted by Crippen LogP contribution is 2.22. The Morgan fingerprint density at radius 1 is 1.33 bits per heavy atom. The van der Waals surface area contributed by atoms with E-state index in [0.717, 1.165) is 6.42 Å². The summed E-state index contributed by atoms with van der Waals surface area (Å²) in [6.07, 6.45) is 2.41. The third-order valence-corrected chi connectivity index (χ3v) is 4.21. The first kappa shape index (κ1) is 13.6. The molecule has 0 spiro atoms. The molecule has 1 fully saturated rings. The molecule has 0 amide bonds. The van der Waals surface area contributed by atoms with Crippen LogP contribution < -0.4 is 5.32 Å². The highest BCUT2D eigenvalue weighted by Gasteiger charge is 2.27. The maximum Gasteiger partial charge on any atom is 0.0320 e. The largest absolute Gasteiger partial charge is 0.306 e. The summed E-state index contributed by atoms with van der Waals surface area (Å²) in [4.78, 5) is 2.44. The van der Waals surface area contributed by atoms with Crippen molar-refractivity contribution in [2.24, 2.45) is 0 Å². The molecule has 1 aliphatic rings. The van der Waals surface area contributed by atoms with E-state index in [1.165, 1.54) is 24.1 Å². The van der Waals surface area contributed by atoms with Gasteiger partial charge in [0, 0.05) is 24.7 Å². The summed E-state index contributed by atoms with van der Waals surface area (Å²) in [7, 11) is 2.22. The Bertz CT molecular complexity index is 361. The Kier molecular flexibility index (Phi) is 4.41. The number of benzene rings is 1. The standard InChI is InChI=1S/C16H26N2/c1-5-16(14-8-6-12(2)7-9-14)17-15-10-13(3)18(4)11-15/h6-9,13,15-17H,5,10-11H2,1-4H3. The molecule has 0 aliphatic carbocycles. The van der Waals surface area contributed by atoms with Crippen LogP contribution in [0.2, 0.25) is 0 Å². The summed E-state index contributed by atoms with van der Waals surface area (Å²) in [5.74, 6) is 0. The fourth-order valence-electron chi connectivity index (χ4n) is 2.85. The van der Waals surface area contributed by atoms with Gasteiger partial charge in [-0.1, -0.05) is 36.8 Å². The minimum Gasteiger partial charge on any atom is -0.306 e. The monoisotopic (exact) mass is 246 g/mol. The number of aryl methyl sites for hydroxylation is 1. The molecule has 2 heteroatoms. The van der Waals surface area contributed by atoms with E-state index < -0.39 is 0 Å². The normalized spacial score (nSPS) is 26.4. The van der Waals surface area contributed by atoms with Crippen molar-refractivity contribution < 1.29 is 0 Å². The molecule has 1 aromatic carbocycles. The number of rotatable bonds is 4. The van der Waals surface area contributed by atoms with E-state index in [1.807, 2.05) is 0 Å². The van der Waals surface area contributed by atoms with Gasteiger partial charge in [0.1, 0.15) is 0 Å². The molecule has 0 saturated carbocycles. The lowest BCUT2D eigenvalue weighted by molar-refractivity contribution is 0.324. The van der Waals surface area contributed by atoms with Crippen LogP contribution in [0.1, 0.15) is 43.9 Å². The van der Waals surface area contributed by atoms with Crippen molar-refractivity contribution in [3.05, 3.63) is 35.4 Å². The van der Waals surface area contributed by atoms with Gasteiger partial charge in [0.15, 0.2) is 0 Å². The van der Waals surface area contributed by atoms with Crippen molar-refractivity contribution in [1.82, 2.24) is 10.2 Å². The zero-order chi connectivity index (χ0) is 13.1. The number of likely N-dealkylation sites (N-methyl/N-ethyl adjacent to an activating group) is 1. The second-order valence-corrected chi connectivity index (χ2v) is 5.76. The molecule has 1 N–H and O–H groups in total. The number of nitrogens with zero attached hydrogens (tertiary/aromatic N) is 1. The molecular weight excluding hydrogens is 220 g/mol. The van der Waals surface area contributed by atoms with E-state index in [0.29, 0.717) is 18.1 Å². The number of hydrogen-bond acceptors (Lipinski definition) is 2. The molecule has 1 saturated heterocycles. The van der Waals surface area contributed by atoms with Crippen molar-refractivity contribution >= 4 is 0 Å². The summed E-state index contributed by atoms with van der Waals surface area (Å²) in [5, 5.41) is 3.82. The Balaban J connectivity index is 1.99. The quantitative estimate of drug-likeness (QED) is 0.878. The molecule has 3 atom stereocenters. The molecule has 1 aliphatic heterocycles. The van der Waals surface area contributed by atoms with Crippen molar-refractivity contribution in [1.29, 1.82) is 0 Å². The number of hydrogen-bond donors (Lipinski definition) is 1. The first-order chi connectivity index (χ1) is 8.60. The van der Waals surface area contributed by atoms with Crippen molar-refractivity contribution in [3.8, 4) is 0 Å². The van der Waals surface area contributed by atoms with Gasteiger partial charge in [0.2, 0.25) is 0 Å². The van der Waals surface area contributed by atoms with Crippen LogP contribution in [-0.4, -0.2) is 30.6 Å². The zero-order valence-corrected chi connectivity index (χ0v) is 12.1. The molecule has 2 nitrogen and oxygen atoms in total. The maximum absolute atomic E-state index is 3.82. The second-order valence-electron chi connectivity index (χ2n) is 5.76. The molecule has 1 aromatic rings. The molecule has 3 unspecified atom stereocenters. The molecule has 0 bridgehead atoms. The highest BCUT2D eigenvalue weighted by atomic mass is 15.2. The molecule has 0 aromatic heterocycles. The fourth-order valence-corrected chi connectivity index (χ4v) is 2.85. The van der Waals surface area contributed by atoms with Crippen LogP contribution in [-0.2, 0) is 0 Å². The third-order valence-electron chi connectivity index (χ3n) is 4.21. The average molecular weight is 246 g/mol. The predicted octanol–water partition coefficient (Wildman–Crippen LogP) is 3.13. The summed E-state index contributed by atoms with van der Waals surface area (Å²) >= 11 is 0. The predicted molar refractivity (Wildman–Crippen MR) is 77.8 cm³/mol. The van der Waals surface area contributed by atoms with Gasteiger partial charge in [-0.05, 0) is 39.3 Å². The van der Waals surface area contributed by atoms with Crippen LogP contribution >= 0.6 is 0 Å². The van der Waals surface area contributed by atoms with Gasteiger partial charge in [0.05, 0.1) is 0 Å². The van der Waals surface area contributed by atoms with E-state index >= 15 is 0 Å². The Morgan fingerprint density at radius 3 is 2.50 bits per heavy atom. The number of nitrogens with one attached hydrogen (secondary N) is 1. The van der Waals surface area contributed by atoms with Crippen LogP contribution in [0.4, 0.5) is 0 Å². The van der Waals surface area contributed by atoms with Crippen LogP contribution in [0.15, 0.2) is 24.3 Å². The van der Waals surface area contributed by atoms with Crippen molar-refractivity contribution in [2.45, 2.75) is 51.7 Å². The second kappa shape index (κ2) is 5.85. The minimum absolute atomic E-state index is 0.495. The van der Waals surface area contributed by atoms with E-state index in [1.54, 1.807) is 0 Å². The Hall–Kier alpha value is -0.860. The third kappa shape index (κ3) is 3.12.